The Labute approximate surface area is 114 Å². The first-order valence-corrected chi connectivity index (χ1v) is 5.96. The summed E-state index contributed by atoms with van der Waals surface area (Å²) in [6.07, 6.45) is -0.0330. The quantitative estimate of drug-likeness (QED) is 0.905. The van der Waals surface area contributed by atoms with Gasteiger partial charge < -0.3 is 10.4 Å². The van der Waals surface area contributed by atoms with E-state index in [4.69, 9.17) is 11.6 Å². The van der Waals surface area contributed by atoms with Gasteiger partial charge in [-0.1, -0.05) is 29.8 Å². The van der Waals surface area contributed by atoms with Gasteiger partial charge in [-0.05, 0) is 24.3 Å². The minimum atomic E-state index is -0.599. The molecule has 2 aromatic rings. The Bertz CT molecular complexity index is 616. The van der Waals surface area contributed by atoms with Gasteiger partial charge in [-0.3, -0.25) is 4.79 Å². The number of halogens is 2. The van der Waals surface area contributed by atoms with Crippen LogP contribution in [0.5, 0.6) is 5.75 Å². The van der Waals surface area contributed by atoms with Gasteiger partial charge in [-0.2, -0.15) is 0 Å². The van der Waals surface area contributed by atoms with Crippen molar-refractivity contribution in [3.63, 3.8) is 0 Å². The smallest absolute Gasteiger partial charge is 0.229 e. The highest BCUT2D eigenvalue weighted by molar-refractivity contribution is 6.30. The van der Waals surface area contributed by atoms with Crippen LogP contribution in [0, 0.1) is 5.82 Å². The summed E-state index contributed by atoms with van der Waals surface area (Å²) < 4.78 is 13.5. The Hall–Kier alpha value is -2.07. The van der Waals surface area contributed by atoms with Crippen LogP contribution in [0.25, 0.3) is 0 Å². The van der Waals surface area contributed by atoms with Crippen molar-refractivity contribution in [2.45, 2.75) is 6.42 Å². The number of benzene rings is 2. The fourth-order valence-corrected chi connectivity index (χ4v) is 1.78. The molecule has 2 rings (SSSR count). The maximum atomic E-state index is 13.5. The maximum absolute atomic E-state index is 13.5. The lowest BCUT2D eigenvalue weighted by Gasteiger charge is -2.07. The number of anilines is 1. The lowest BCUT2D eigenvalue weighted by molar-refractivity contribution is -0.115. The second kappa shape index (κ2) is 5.71. The Balaban J connectivity index is 2.08. The number of aromatic hydroxyl groups is 1. The van der Waals surface area contributed by atoms with E-state index in [0.29, 0.717) is 5.56 Å². The highest BCUT2D eigenvalue weighted by atomic mass is 35.5. The van der Waals surface area contributed by atoms with Gasteiger partial charge in [-0.25, -0.2) is 4.39 Å². The normalized spacial score (nSPS) is 10.2. The van der Waals surface area contributed by atoms with E-state index in [0.717, 1.165) is 6.07 Å². The molecule has 0 radical (unpaired) electrons. The van der Waals surface area contributed by atoms with E-state index < -0.39 is 11.7 Å². The molecular formula is C14H11ClFNO2. The fourth-order valence-electron chi connectivity index (χ4n) is 1.62. The molecule has 0 aliphatic heterocycles. The predicted molar refractivity (Wildman–Crippen MR) is 71.9 cm³/mol. The molecule has 1 amide bonds. The van der Waals surface area contributed by atoms with Crippen LogP contribution < -0.4 is 5.32 Å². The van der Waals surface area contributed by atoms with E-state index in [1.54, 1.807) is 18.2 Å². The summed E-state index contributed by atoms with van der Waals surface area (Å²) in [5.74, 6) is -0.977. The highest BCUT2D eigenvalue weighted by Gasteiger charge is 2.10. The number of rotatable bonds is 3. The highest BCUT2D eigenvalue weighted by Crippen LogP contribution is 2.20. The van der Waals surface area contributed by atoms with E-state index in [1.807, 2.05) is 0 Å². The average molecular weight is 280 g/mol. The molecule has 0 atom stereocenters. The fraction of sp³-hybridized carbons (Fsp3) is 0.0714. The molecule has 0 fully saturated rings. The average Bonchev–Trinajstić information content (AvgIpc) is 2.36. The third kappa shape index (κ3) is 3.45. The van der Waals surface area contributed by atoms with E-state index in [9.17, 15) is 14.3 Å². The van der Waals surface area contributed by atoms with Crippen molar-refractivity contribution in [1.82, 2.24) is 0 Å². The van der Waals surface area contributed by atoms with Gasteiger partial charge in [0.1, 0.15) is 11.6 Å². The van der Waals surface area contributed by atoms with Crippen LogP contribution in [0.4, 0.5) is 10.1 Å². The lowest BCUT2D eigenvalue weighted by Crippen LogP contribution is -2.15. The molecule has 0 unspecified atom stereocenters. The zero-order valence-electron chi connectivity index (χ0n) is 9.86. The summed E-state index contributed by atoms with van der Waals surface area (Å²) in [4.78, 5) is 11.7. The van der Waals surface area contributed by atoms with Gasteiger partial charge in [0.25, 0.3) is 0 Å². The van der Waals surface area contributed by atoms with Crippen molar-refractivity contribution < 1.29 is 14.3 Å². The van der Waals surface area contributed by atoms with Crippen LogP contribution in [0.1, 0.15) is 5.56 Å². The number of hydrogen-bond acceptors (Lipinski definition) is 2. The number of nitrogens with one attached hydrogen (secondary N) is 1. The Morgan fingerprint density at radius 1 is 1.26 bits per heavy atom. The van der Waals surface area contributed by atoms with Crippen LogP contribution in [-0.2, 0) is 11.2 Å². The molecular weight excluding hydrogens is 269 g/mol. The molecule has 0 aliphatic carbocycles. The van der Waals surface area contributed by atoms with Gasteiger partial charge in [0.15, 0.2) is 0 Å². The van der Waals surface area contributed by atoms with Crippen LogP contribution in [0.3, 0.4) is 0 Å². The molecule has 98 valence electrons. The third-order valence-electron chi connectivity index (χ3n) is 2.55. The number of carbonyl (C=O) groups excluding carboxylic acids is 1. The van der Waals surface area contributed by atoms with Gasteiger partial charge in [-0.15, -0.1) is 0 Å². The van der Waals surface area contributed by atoms with Crippen LogP contribution in [0.2, 0.25) is 5.02 Å². The number of phenolic OH excluding ortho intramolecular Hbond substituents is 1. The molecule has 0 spiro atoms. The zero-order chi connectivity index (χ0) is 13.8. The van der Waals surface area contributed by atoms with Crippen molar-refractivity contribution in [2.24, 2.45) is 0 Å². The molecule has 0 heterocycles. The first-order valence-electron chi connectivity index (χ1n) is 5.58. The minimum Gasteiger partial charge on any atom is -0.508 e. The van der Waals surface area contributed by atoms with Gasteiger partial charge in [0, 0.05) is 10.6 Å². The molecule has 0 saturated heterocycles. The van der Waals surface area contributed by atoms with E-state index in [2.05, 4.69) is 5.32 Å². The van der Waals surface area contributed by atoms with Gasteiger partial charge in [0.05, 0.1) is 12.1 Å². The summed E-state index contributed by atoms with van der Waals surface area (Å²) in [6, 6.07) is 10.5. The Morgan fingerprint density at radius 3 is 2.68 bits per heavy atom. The van der Waals surface area contributed by atoms with Crippen molar-refractivity contribution in [3.8, 4) is 5.75 Å². The molecule has 0 aliphatic rings. The van der Waals surface area contributed by atoms with Crippen LogP contribution >= 0.6 is 11.6 Å². The molecule has 0 saturated carbocycles. The number of phenols is 1. The first kappa shape index (κ1) is 13.4. The summed E-state index contributed by atoms with van der Waals surface area (Å²) in [5, 5.41) is 12.2. The summed E-state index contributed by atoms with van der Waals surface area (Å²) in [7, 11) is 0. The van der Waals surface area contributed by atoms with Crippen molar-refractivity contribution in [1.29, 1.82) is 0 Å². The van der Waals surface area contributed by atoms with Crippen LogP contribution in [0.15, 0.2) is 42.5 Å². The lowest BCUT2D eigenvalue weighted by atomic mass is 10.1. The van der Waals surface area contributed by atoms with Gasteiger partial charge >= 0.3 is 0 Å². The largest absolute Gasteiger partial charge is 0.508 e. The maximum Gasteiger partial charge on any atom is 0.229 e. The minimum absolute atomic E-state index is 0.0330. The Morgan fingerprint density at radius 2 is 2.00 bits per heavy atom. The molecule has 19 heavy (non-hydrogen) atoms. The molecule has 2 aromatic carbocycles. The number of amides is 1. The summed E-state index contributed by atoms with van der Waals surface area (Å²) in [5.41, 5.74) is 0.541. The number of para-hydroxylation sites is 1. The van der Waals surface area contributed by atoms with Crippen molar-refractivity contribution >= 4 is 23.2 Å². The SMILES string of the molecule is O=C(Cc1ccccc1O)Nc1ccc(Cl)cc1F. The Kier molecular flexibility index (Phi) is 4.02. The van der Waals surface area contributed by atoms with E-state index in [1.165, 1.54) is 18.2 Å². The second-order valence-corrected chi connectivity index (χ2v) is 4.41. The summed E-state index contributed by atoms with van der Waals surface area (Å²) >= 11 is 5.62. The number of hydrogen-bond donors (Lipinski definition) is 2. The van der Waals surface area contributed by atoms with E-state index in [-0.39, 0.29) is 22.9 Å². The molecule has 0 bridgehead atoms. The molecule has 0 aromatic heterocycles. The third-order valence-corrected chi connectivity index (χ3v) is 2.78. The van der Waals surface area contributed by atoms with Crippen molar-refractivity contribution in [2.75, 3.05) is 5.32 Å². The zero-order valence-corrected chi connectivity index (χ0v) is 10.6. The molecule has 5 heteroatoms. The van der Waals surface area contributed by atoms with Crippen molar-refractivity contribution in [3.05, 3.63) is 58.9 Å². The number of carbonyl (C=O) groups is 1. The monoisotopic (exact) mass is 279 g/mol. The van der Waals surface area contributed by atoms with E-state index >= 15 is 0 Å². The van der Waals surface area contributed by atoms with Gasteiger partial charge in [0.2, 0.25) is 5.91 Å². The predicted octanol–water partition coefficient (Wildman–Crippen LogP) is 3.37. The molecule has 3 nitrogen and oxygen atoms in total. The summed E-state index contributed by atoms with van der Waals surface area (Å²) in [6.45, 7) is 0. The topological polar surface area (TPSA) is 49.3 Å². The molecule has 2 N–H and O–H groups in total. The standard InChI is InChI=1S/C14H11ClFNO2/c15-10-5-6-12(11(16)8-10)17-14(19)7-9-3-1-2-4-13(9)18/h1-6,8,18H,7H2,(H,17,19). The first-order chi connectivity index (χ1) is 9.06. The second-order valence-electron chi connectivity index (χ2n) is 3.98. The van der Waals surface area contributed by atoms with Crippen LogP contribution in [-0.4, -0.2) is 11.0 Å².